The maximum Gasteiger partial charge on any atom is 0.270 e. The number of hydrogen-bond acceptors (Lipinski definition) is 7. The van der Waals surface area contributed by atoms with Crippen molar-refractivity contribution in [1.29, 1.82) is 0 Å². The molecule has 30 heavy (non-hydrogen) atoms. The normalized spacial score (nSPS) is 10.7. The molecule has 2 N–H and O–H groups in total. The number of nitro groups is 1. The van der Waals surface area contributed by atoms with Crippen LogP contribution in [0.1, 0.15) is 17.7 Å². The highest BCUT2D eigenvalue weighted by atomic mass is 16.6. The molecule has 3 rings (SSSR count). The average molecular weight is 407 g/mol. The summed E-state index contributed by atoms with van der Waals surface area (Å²) in [5.41, 5.74) is 3.55. The maximum absolute atomic E-state index is 11.8. The molecule has 3 aromatic rings. The largest absolute Gasteiger partial charge is 0.455 e. The van der Waals surface area contributed by atoms with E-state index in [4.69, 9.17) is 4.42 Å². The Bertz CT molecular complexity index is 1080. The summed E-state index contributed by atoms with van der Waals surface area (Å²) in [5.74, 6) is -0.281. The van der Waals surface area contributed by atoms with Crippen molar-refractivity contribution in [3.05, 3.63) is 82.4 Å². The van der Waals surface area contributed by atoms with Gasteiger partial charge in [-0.05, 0) is 23.8 Å². The van der Waals surface area contributed by atoms with Gasteiger partial charge in [0.1, 0.15) is 17.9 Å². The van der Waals surface area contributed by atoms with Gasteiger partial charge in [0.2, 0.25) is 11.8 Å². The predicted molar refractivity (Wildman–Crippen MR) is 107 cm³/mol. The standard InChI is InChI=1S/C20H17N5O5/c26-19(22-12-14-3-2-8-21-11-14)10-20(27)24-23-13-17-6-7-18(30-17)15-4-1-5-16(9-15)25(28)29/h1-9,11,13H,10,12H2,(H,22,26)(H,24,27)/b23-13-. The van der Waals surface area contributed by atoms with E-state index in [2.05, 4.69) is 20.8 Å². The summed E-state index contributed by atoms with van der Waals surface area (Å²) in [6.07, 6.45) is 4.14. The van der Waals surface area contributed by atoms with Gasteiger partial charge in [-0.1, -0.05) is 18.2 Å². The molecule has 0 saturated heterocycles. The van der Waals surface area contributed by atoms with Crippen LogP contribution < -0.4 is 10.7 Å². The van der Waals surface area contributed by atoms with Crippen LogP contribution in [0, 0.1) is 10.1 Å². The number of carbonyl (C=O) groups excluding carboxylic acids is 2. The second-order valence-electron chi connectivity index (χ2n) is 6.12. The van der Waals surface area contributed by atoms with Gasteiger partial charge < -0.3 is 9.73 Å². The number of nitro benzene ring substituents is 1. The van der Waals surface area contributed by atoms with Crippen LogP contribution in [0.3, 0.4) is 0 Å². The molecule has 0 fully saturated rings. The van der Waals surface area contributed by atoms with E-state index in [1.54, 1.807) is 42.7 Å². The molecular formula is C20H17N5O5. The zero-order valence-corrected chi connectivity index (χ0v) is 15.6. The number of benzene rings is 1. The highest BCUT2D eigenvalue weighted by Crippen LogP contribution is 2.25. The van der Waals surface area contributed by atoms with Gasteiger partial charge in [-0.2, -0.15) is 5.10 Å². The van der Waals surface area contributed by atoms with E-state index in [0.29, 0.717) is 17.1 Å². The van der Waals surface area contributed by atoms with E-state index >= 15 is 0 Å². The molecular weight excluding hydrogens is 390 g/mol. The van der Waals surface area contributed by atoms with Crippen molar-refractivity contribution in [2.24, 2.45) is 5.10 Å². The van der Waals surface area contributed by atoms with Gasteiger partial charge in [0.15, 0.2) is 0 Å². The molecule has 0 aliphatic rings. The number of pyridine rings is 1. The van der Waals surface area contributed by atoms with Gasteiger partial charge in [0, 0.05) is 36.6 Å². The van der Waals surface area contributed by atoms with Crippen molar-refractivity contribution < 1.29 is 18.9 Å². The van der Waals surface area contributed by atoms with Gasteiger partial charge in [-0.3, -0.25) is 24.7 Å². The lowest BCUT2D eigenvalue weighted by molar-refractivity contribution is -0.384. The Morgan fingerprint density at radius 3 is 2.80 bits per heavy atom. The van der Waals surface area contributed by atoms with Crippen LogP contribution in [-0.4, -0.2) is 27.9 Å². The lowest BCUT2D eigenvalue weighted by atomic mass is 10.1. The zero-order chi connectivity index (χ0) is 21.3. The maximum atomic E-state index is 11.8. The molecule has 10 heteroatoms. The fourth-order valence-corrected chi connectivity index (χ4v) is 2.47. The Labute approximate surface area is 170 Å². The third kappa shape index (κ3) is 5.83. The van der Waals surface area contributed by atoms with Gasteiger partial charge >= 0.3 is 0 Å². The van der Waals surface area contributed by atoms with Crippen molar-refractivity contribution in [3.63, 3.8) is 0 Å². The quantitative estimate of drug-likeness (QED) is 0.254. The van der Waals surface area contributed by atoms with E-state index in [1.165, 1.54) is 18.3 Å². The fourth-order valence-electron chi connectivity index (χ4n) is 2.47. The average Bonchev–Trinajstić information content (AvgIpc) is 3.22. The number of hydrazone groups is 1. The summed E-state index contributed by atoms with van der Waals surface area (Å²) < 4.78 is 5.55. The minimum absolute atomic E-state index is 0.0480. The topological polar surface area (TPSA) is 140 Å². The molecule has 0 bridgehead atoms. The summed E-state index contributed by atoms with van der Waals surface area (Å²) in [6.45, 7) is 0.274. The van der Waals surface area contributed by atoms with Crippen LogP contribution >= 0.6 is 0 Å². The third-order valence-electron chi connectivity index (χ3n) is 3.88. The van der Waals surface area contributed by atoms with Crippen molar-refractivity contribution in [3.8, 4) is 11.3 Å². The van der Waals surface area contributed by atoms with E-state index in [0.717, 1.165) is 5.56 Å². The molecule has 2 heterocycles. The Kier molecular flexibility index (Phi) is 6.62. The molecule has 0 atom stereocenters. The van der Waals surface area contributed by atoms with Crippen molar-refractivity contribution in [2.45, 2.75) is 13.0 Å². The summed E-state index contributed by atoms with van der Waals surface area (Å²) in [7, 11) is 0. The van der Waals surface area contributed by atoms with E-state index in [-0.39, 0.29) is 18.7 Å². The van der Waals surface area contributed by atoms with E-state index in [1.807, 2.05) is 6.07 Å². The van der Waals surface area contributed by atoms with Crippen LogP contribution in [0.15, 0.2) is 70.4 Å². The van der Waals surface area contributed by atoms with Gasteiger partial charge in [0.05, 0.1) is 11.1 Å². The second-order valence-corrected chi connectivity index (χ2v) is 6.12. The number of hydrogen-bond donors (Lipinski definition) is 2. The molecule has 0 saturated carbocycles. The first-order valence-electron chi connectivity index (χ1n) is 8.83. The highest BCUT2D eigenvalue weighted by molar-refractivity contribution is 5.97. The van der Waals surface area contributed by atoms with Crippen molar-refractivity contribution >= 4 is 23.7 Å². The Hall–Kier alpha value is -4.34. The second kappa shape index (κ2) is 9.73. The molecule has 10 nitrogen and oxygen atoms in total. The number of nitrogens with zero attached hydrogens (tertiary/aromatic N) is 3. The van der Waals surface area contributed by atoms with Crippen molar-refractivity contribution in [1.82, 2.24) is 15.7 Å². The third-order valence-corrected chi connectivity index (χ3v) is 3.88. The van der Waals surface area contributed by atoms with Crippen LogP contribution in [0.4, 0.5) is 5.69 Å². The SMILES string of the molecule is O=C(CC(=O)N/N=C\c1ccc(-c2cccc([N+](=O)[O-])c2)o1)NCc1cccnc1. The smallest absolute Gasteiger partial charge is 0.270 e. The first-order valence-corrected chi connectivity index (χ1v) is 8.83. The first kappa shape index (κ1) is 20.4. The molecule has 0 aliphatic carbocycles. The number of nitrogens with one attached hydrogen (secondary N) is 2. The highest BCUT2D eigenvalue weighted by Gasteiger charge is 2.10. The Morgan fingerprint density at radius 2 is 2.03 bits per heavy atom. The monoisotopic (exact) mass is 407 g/mol. The molecule has 0 radical (unpaired) electrons. The minimum Gasteiger partial charge on any atom is -0.455 e. The van der Waals surface area contributed by atoms with E-state index < -0.39 is 16.7 Å². The summed E-state index contributed by atoms with van der Waals surface area (Å²) in [5, 5.41) is 17.2. The molecule has 0 unspecified atom stereocenters. The molecule has 152 valence electrons. The summed E-state index contributed by atoms with van der Waals surface area (Å²) in [4.78, 5) is 37.9. The van der Waals surface area contributed by atoms with Gasteiger partial charge in [-0.25, -0.2) is 5.43 Å². The molecule has 1 aromatic carbocycles. The van der Waals surface area contributed by atoms with Crippen LogP contribution in [0.25, 0.3) is 11.3 Å². The van der Waals surface area contributed by atoms with Crippen molar-refractivity contribution in [2.75, 3.05) is 0 Å². The van der Waals surface area contributed by atoms with Gasteiger partial charge in [-0.15, -0.1) is 0 Å². The molecule has 2 aromatic heterocycles. The number of aromatic nitrogens is 1. The zero-order valence-electron chi connectivity index (χ0n) is 15.6. The summed E-state index contributed by atoms with van der Waals surface area (Å²) >= 11 is 0. The molecule has 0 spiro atoms. The number of carbonyl (C=O) groups is 2. The lowest BCUT2D eigenvalue weighted by Crippen LogP contribution is -2.29. The van der Waals surface area contributed by atoms with Gasteiger partial charge in [0.25, 0.3) is 5.69 Å². The number of amides is 2. The Morgan fingerprint density at radius 1 is 1.17 bits per heavy atom. The first-order chi connectivity index (χ1) is 14.5. The van der Waals surface area contributed by atoms with Crippen LogP contribution in [-0.2, 0) is 16.1 Å². The van der Waals surface area contributed by atoms with Crippen LogP contribution in [0.2, 0.25) is 0 Å². The summed E-state index contributed by atoms with van der Waals surface area (Å²) in [6, 6.07) is 12.8. The lowest BCUT2D eigenvalue weighted by Gasteiger charge is -2.04. The number of rotatable bonds is 8. The van der Waals surface area contributed by atoms with E-state index in [9.17, 15) is 19.7 Å². The minimum atomic E-state index is -0.583. The number of furan rings is 1. The predicted octanol–water partition coefficient (Wildman–Crippen LogP) is 2.41. The Balaban J connectivity index is 1.48. The molecule has 0 aliphatic heterocycles. The fraction of sp³-hybridized carbons (Fsp3) is 0.100. The molecule has 2 amide bonds. The number of non-ortho nitro benzene ring substituents is 1. The van der Waals surface area contributed by atoms with Crippen LogP contribution in [0.5, 0.6) is 0 Å².